The highest BCUT2D eigenvalue weighted by atomic mass is 35.5. The van der Waals surface area contributed by atoms with Gasteiger partial charge in [-0.3, -0.25) is 4.79 Å². The van der Waals surface area contributed by atoms with Crippen molar-refractivity contribution >= 4 is 36.4 Å². The van der Waals surface area contributed by atoms with Crippen LogP contribution in [-0.2, 0) is 17.8 Å². The van der Waals surface area contributed by atoms with Crippen LogP contribution in [0.5, 0.6) is 0 Å². The third kappa shape index (κ3) is 6.59. The maximum absolute atomic E-state index is 12.7. The maximum atomic E-state index is 12.7. The molecule has 0 spiro atoms. The molecule has 5 nitrogen and oxygen atoms in total. The van der Waals surface area contributed by atoms with Crippen LogP contribution < -0.4 is 10.6 Å². The molecule has 0 aliphatic carbocycles. The van der Waals surface area contributed by atoms with Crippen molar-refractivity contribution in [1.29, 1.82) is 0 Å². The normalized spacial score (nSPS) is 11.4. The Morgan fingerprint density at radius 2 is 1.70 bits per heavy atom. The summed E-state index contributed by atoms with van der Waals surface area (Å²) in [5.41, 5.74) is 10.3. The predicted octanol–water partition coefficient (Wildman–Crippen LogP) is 4.43. The molecule has 2 N–H and O–H groups in total. The van der Waals surface area contributed by atoms with E-state index >= 15 is 0 Å². The molecule has 3 aromatic rings. The van der Waals surface area contributed by atoms with E-state index in [2.05, 4.69) is 43.1 Å². The quantitative estimate of drug-likeness (QED) is 0.581. The molecule has 0 unspecified atom stereocenters. The number of halogens is 2. The molecular weight excluding hydrogens is 419 g/mol. The minimum atomic E-state index is -0.630. The Labute approximate surface area is 191 Å². The van der Waals surface area contributed by atoms with E-state index < -0.39 is 6.04 Å². The second-order valence-corrected chi connectivity index (χ2v) is 7.48. The molecule has 1 amide bonds. The number of amides is 1. The summed E-state index contributed by atoms with van der Waals surface area (Å²) in [7, 11) is 1.76. The number of rotatable bonds is 7. The molecule has 1 atom stereocenters. The van der Waals surface area contributed by atoms with Gasteiger partial charge in [0.15, 0.2) is 0 Å². The van der Waals surface area contributed by atoms with Crippen LogP contribution >= 0.6 is 24.8 Å². The van der Waals surface area contributed by atoms with E-state index in [0.29, 0.717) is 12.3 Å². The van der Waals surface area contributed by atoms with Gasteiger partial charge in [-0.25, -0.2) is 4.98 Å². The minimum Gasteiger partial charge on any atom is -0.333 e. The molecule has 1 heterocycles. The number of carbonyl (C=O) groups is 1. The summed E-state index contributed by atoms with van der Waals surface area (Å²) in [6.45, 7) is 5.05. The molecule has 0 saturated heterocycles. The zero-order chi connectivity index (χ0) is 20.1. The summed E-state index contributed by atoms with van der Waals surface area (Å²) in [5, 5.41) is 0. The van der Waals surface area contributed by atoms with Crippen LogP contribution in [0, 0.1) is 0 Å². The van der Waals surface area contributed by atoms with Crippen LogP contribution in [0.4, 0.5) is 5.69 Å². The van der Waals surface area contributed by atoms with E-state index in [9.17, 15) is 4.79 Å². The van der Waals surface area contributed by atoms with Crippen LogP contribution in [0.1, 0.15) is 36.6 Å². The zero-order valence-corrected chi connectivity index (χ0v) is 19.2. The molecule has 1 aromatic heterocycles. The first-order chi connectivity index (χ1) is 13.4. The largest absolute Gasteiger partial charge is 0.333 e. The lowest BCUT2D eigenvalue weighted by molar-refractivity contribution is -0.119. The number of nitrogens with zero attached hydrogens (tertiary/aromatic N) is 3. The Kier molecular flexibility index (Phi) is 10.1. The molecule has 0 saturated carbocycles. The molecule has 30 heavy (non-hydrogen) atoms. The predicted molar refractivity (Wildman–Crippen MR) is 128 cm³/mol. The van der Waals surface area contributed by atoms with Gasteiger partial charge in [-0.2, -0.15) is 0 Å². The van der Waals surface area contributed by atoms with Crippen molar-refractivity contribution in [1.82, 2.24) is 9.55 Å². The Morgan fingerprint density at radius 3 is 2.30 bits per heavy atom. The number of hydrogen-bond acceptors (Lipinski definition) is 3. The first-order valence-electron chi connectivity index (χ1n) is 9.61. The summed E-state index contributed by atoms with van der Waals surface area (Å²) in [6.07, 6.45) is 4.15. The number of carbonyl (C=O) groups excluding carboxylic acids is 1. The second-order valence-electron chi connectivity index (χ2n) is 7.48. The van der Waals surface area contributed by atoms with E-state index in [1.54, 1.807) is 18.3 Å². The van der Waals surface area contributed by atoms with E-state index in [1.807, 2.05) is 41.1 Å². The summed E-state index contributed by atoms with van der Waals surface area (Å²) in [4.78, 5) is 18.8. The fourth-order valence-corrected chi connectivity index (χ4v) is 3.16. The van der Waals surface area contributed by atoms with Crippen LogP contribution in [0.25, 0.3) is 0 Å². The highest BCUT2D eigenvalue weighted by Crippen LogP contribution is 2.20. The van der Waals surface area contributed by atoms with Gasteiger partial charge in [0.1, 0.15) is 0 Å². The van der Waals surface area contributed by atoms with Crippen LogP contribution in [-0.4, -0.2) is 28.5 Å². The molecule has 7 heteroatoms. The number of nitrogens with two attached hydrogens (primary N) is 1. The lowest BCUT2D eigenvalue weighted by Crippen LogP contribution is -2.43. The van der Waals surface area contributed by atoms with E-state index in [0.717, 1.165) is 17.9 Å². The van der Waals surface area contributed by atoms with Crippen molar-refractivity contribution in [2.24, 2.45) is 5.73 Å². The number of hydrogen-bond donors (Lipinski definition) is 1. The van der Waals surface area contributed by atoms with Crippen LogP contribution in [0.3, 0.4) is 0 Å². The van der Waals surface area contributed by atoms with Gasteiger partial charge in [0, 0.05) is 31.9 Å². The molecule has 0 radical (unpaired) electrons. The molecule has 0 aliphatic heterocycles. The summed E-state index contributed by atoms with van der Waals surface area (Å²) >= 11 is 0. The average Bonchev–Trinajstić information content (AvgIpc) is 3.14. The summed E-state index contributed by atoms with van der Waals surface area (Å²) < 4.78 is 2.01. The molecule has 162 valence electrons. The minimum absolute atomic E-state index is 0. The highest BCUT2D eigenvalue weighted by Gasteiger charge is 2.20. The number of benzene rings is 2. The standard InChI is InChI=1S/C23H28N4O.2ClH/c1-17(2)19-9-11-21(12-10-19)26(3)23(28)22(24)13-20-15-27(16-25-20)14-18-7-5-4-6-8-18;;/h4-12,15-17,22H,13-14,24H2,1-3H3;2*1H/t22-;;/m0../s1. The van der Waals surface area contributed by atoms with Gasteiger partial charge in [-0.05, 0) is 29.2 Å². The molecule has 0 fully saturated rings. The Bertz CT molecular complexity index is 910. The Morgan fingerprint density at radius 1 is 1.07 bits per heavy atom. The second kappa shape index (κ2) is 11.7. The topological polar surface area (TPSA) is 64.2 Å². The first-order valence-corrected chi connectivity index (χ1v) is 9.61. The van der Waals surface area contributed by atoms with Crippen LogP contribution in [0.2, 0.25) is 0 Å². The van der Waals surface area contributed by atoms with Crippen molar-refractivity contribution in [3.63, 3.8) is 0 Å². The first kappa shape index (κ1) is 25.7. The van der Waals surface area contributed by atoms with Crippen molar-refractivity contribution in [2.45, 2.75) is 38.8 Å². The third-order valence-corrected chi connectivity index (χ3v) is 4.92. The van der Waals surface area contributed by atoms with Gasteiger partial charge in [-0.15, -0.1) is 24.8 Å². The van der Waals surface area contributed by atoms with E-state index in [-0.39, 0.29) is 30.7 Å². The SMILES string of the molecule is CC(C)c1ccc(N(C)C(=O)[C@@H](N)Cc2cn(Cc3ccccc3)cn2)cc1.Cl.Cl. The van der Waals surface area contributed by atoms with Gasteiger partial charge in [0.25, 0.3) is 0 Å². The van der Waals surface area contributed by atoms with Crippen molar-refractivity contribution in [3.05, 3.63) is 83.9 Å². The van der Waals surface area contributed by atoms with Gasteiger partial charge in [0.05, 0.1) is 18.1 Å². The van der Waals surface area contributed by atoms with E-state index in [4.69, 9.17) is 5.73 Å². The van der Waals surface area contributed by atoms with Gasteiger partial charge < -0.3 is 15.2 Å². The third-order valence-electron chi connectivity index (χ3n) is 4.92. The zero-order valence-electron chi connectivity index (χ0n) is 17.6. The smallest absolute Gasteiger partial charge is 0.244 e. The molecule has 2 aromatic carbocycles. The fourth-order valence-electron chi connectivity index (χ4n) is 3.16. The van der Waals surface area contributed by atoms with Crippen molar-refractivity contribution in [2.75, 3.05) is 11.9 Å². The maximum Gasteiger partial charge on any atom is 0.244 e. The Balaban J connectivity index is 0.00000225. The molecule has 3 rings (SSSR count). The summed E-state index contributed by atoms with van der Waals surface area (Å²) in [6, 6.07) is 17.6. The van der Waals surface area contributed by atoms with Crippen molar-refractivity contribution < 1.29 is 4.79 Å². The van der Waals surface area contributed by atoms with Gasteiger partial charge >= 0.3 is 0 Å². The van der Waals surface area contributed by atoms with Crippen molar-refractivity contribution in [3.8, 4) is 0 Å². The van der Waals surface area contributed by atoms with Crippen LogP contribution in [0.15, 0.2) is 67.1 Å². The lowest BCUT2D eigenvalue weighted by atomic mass is 10.0. The molecular formula is C23H30Cl2N4O. The number of aromatic nitrogens is 2. The summed E-state index contributed by atoms with van der Waals surface area (Å²) in [5.74, 6) is 0.346. The average molecular weight is 449 g/mol. The fraction of sp³-hybridized carbons (Fsp3) is 0.304. The molecule has 0 aliphatic rings. The van der Waals surface area contributed by atoms with E-state index in [1.165, 1.54) is 11.1 Å². The monoisotopic (exact) mass is 448 g/mol. The highest BCUT2D eigenvalue weighted by molar-refractivity contribution is 5.96. The number of likely N-dealkylation sites (N-methyl/N-ethyl adjacent to an activating group) is 1. The Hall–Kier alpha value is -2.34. The number of anilines is 1. The lowest BCUT2D eigenvalue weighted by Gasteiger charge is -2.21. The van der Waals surface area contributed by atoms with Gasteiger partial charge in [0.2, 0.25) is 5.91 Å². The van der Waals surface area contributed by atoms with Gasteiger partial charge in [-0.1, -0.05) is 56.3 Å². The molecule has 0 bridgehead atoms. The number of imidazole rings is 1.